The van der Waals surface area contributed by atoms with Crippen molar-refractivity contribution in [2.75, 3.05) is 5.32 Å². The molecule has 0 aromatic heterocycles. The molecule has 4 rings (SSSR count). The lowest BCUT2D eigenvalue weighted by Gasteiger charge is -2.09. The first kappa shape index (κ1) is 14.5. The van der Waals surface area contributed by atoms with Gasteiger partial charge in [-0.25, -0.2) is 4.99 Å². The Bertz CT molecular complexity index is 922. The molecule has 0 atom stereocenters. The van der Waals surface area contributed by atoms with Crippen LogP contribution in [0.15, 0.2) is 95.5 Å². The highest BCUT2D eigenvalue weighted by molar-refractivity contribution is 6.24. The van der Waals surface area contributed by atoms with Crippen molar-refractivity contribution in [1.82, 2.24) is 0 Å². The minimum Gasteiger partial charge on any atom is -0.355 e. The van der Waals surface area contributed by atoms with E-state index in [0.29, 0.717) is 0 Å². The highest BCUT2D eigenvalue weighted by Gasteiger charge is 2.24. The molecule has 0 saturated heterocycles. The highest BCUT2D eigenvalue weighted by Crippen LogP contribution is 2.35. The van der Waals surface area contributed by atoms with Gasteiger partial charge in [-0.1, -0.05) is 60.7 Å². The van der Waals surface area contributed by atoms with Crippen LogP contribution >= 0.6 is 0 Å². The van der Waals surface area contributed by atoms with Crippen molar-refractivity contribution >= 4 is 22.8 Å². The molecular formula is C22H18N2. The predicted octanol–water partition coefficient (Wildman–Crippen LogP) is 5.66. The molecule has 0 saturated carbocycles. The topological polar surface area (TPSA) is 24.4 Å². The van der Waals surface area contributed by atoms with Gasteiger partial charge in [0.2, 0.25) is 0 Å². The van der Waals surface area contributed by atoms with Crippen molar-refractivity contribution in [2.24, 2.45) is 4.99 Å². The zero-order valence-corrected chi connectivity index (χ0v) is 13.5. The number of allylic oxidation sites excluding steroid dienone is 1. The molecule has 0 spiro atoms. The van der Waals surface area contributed by atoms with Crippen LogP contribution in [0.5, 0.6) is 0 Å². The Labute approximate surface area is 142 Å². The number of fused-ring (bicyclic) bond motifs is 1. The minimum absolute atomic E-state index is 0.975. The molecule has 3 aromatic rings. The zero-order chi connectivity index (χ0) is 16.4. The van der Waals surface area contributed by atoms with Crippen LogP contribution < -0.4 is 5.32 Å². The van der Waals surface area contributed by atoms with Gasteiger partial charge >= 0.3 is 0 Å². The quantitative estimate of drug-likeness (QED) is 0.663. The van der Waals surface area contributed by atoms with Crippen LogP contribution in [0.3, 0.4) is 0 Å². The van der Waals surface area contributed by atoms with Crippen molar-refractivity contribution in [3.05, 3.63) is 102 Å². The highest BCUT2D eigenvalue weighted by atomic mass is 14.9. The van der Waals surface area contributed by atoms with E-state index in [2.05, 4.69) is 48.6 Å². The fraction of sp³-hybridized carbons (Fsp3) is 0.0455. The van der Waals surface area contributed by atoms with Crippen LogP contribution in [-0.4, -0.2) is 5.71 Å². The first-order valence-corrected chi connectivity index (χ1v) is 8.10. The van der Waals surface area contributed by atoms with E-state index in [1.165, 1.54) is 16.7 Å². The maximum Gasteiger partial charge on any atom is 0.0766 e. The average molecular weight is 310 g/mol. The zero-order valence-electron chi connectivity index (χ0n) is 13.5. The Balaban J connectivity index is 1.82. The third kappa shape index (κ3) is 2.63. The molecule has 0 aliphatic heterocycles. The first-order valence-electron chi connectivity index (χ1n) is 8.10. The first-order chi connectivity index (χ1) is 11.8. The Kier molecular flexibility index (Phi) is 3.72. The summed E-state index contributed by atoms with van der Waals surface area (Å²) in [4.78, 5) is 4.89. The fourth-order valence-corrected chi connectivity index (χ4v) is 3.03. The van der Waals surface area contributed by atoms with E-state index in [1.54, 1.807) is 0 Å². The normalized spacial score (nSPS) is 14.8. The molecule has 0 fully saturated rings. The molecule has 0 heterocycles. The van der Waals surface area contributed by atoms with Crippen LogP contribution in [0.2, 0.25) is 0 Å². The molecule has 2 heteroatoms. The van der Waals surface area contributed by atoms with Gasteiger partial charge in [-0.2, -0.15) is 0 Å². The molecule has 24 heavy (non-hydrogen) atoms. The second-order valence-corrected chi connectivity index (χ2v) is 5.83. The molecule has 0 unspecified atom stereocenters. The van der Waals surface area contributed by atoms with Crippen LogP contribution in [0.25, 0.3) is 5.70 Å². The Morgan fingerprint density at radius 2 is 1.25 bits per heavy atom. The molecule has 1 aliphatic rings. The molecular weight excluding hydrogens is 292 g/mol. The predicted molar refractivity (Wildman–Crippen MR) is 102 cm³/mol. The number of nitrogens with zero attached hydrogens (tertiary/aromatic N) is 1. The summed E-state index contributed by atoms with van der Waals surface area (Å²) < 4.78 is 0. The third-order valence-corrected chi connectivity index (χ3v) is 4.22. The molecule has 0 amide bonds. The molecule has 0 radical (unpaired) electrons. The standard InChI is InChI=1S/C22H18N2/c1-16-21(23-17-10-4-2-5-11-17)19-14-8-9-15-20(19)22(16)24-18-12-6-3-7-13-18/h2-15,23H,1H3. The summed E-state index contributed by atoms with van der Waals surface area (Å²) in [5, 5.41) is 3.56. The summed E-state index contributed by atoms with van der Waals surface area (Å²) in [5.41, 5.74) is 7.78. The van der Waals surface area contributed by atoms with Crippen LogP contribution in [0.4, 0.5) is 11.4 Å². The fourth-order valence-electron chi connectivity index (χ4n) is 3.03. The van der Waals surface area contributed by atoms with E-state index in [-0.39, 0.29) is 0 Å². The van der Waals surface area contributed by atoms with E-state index >= 15 is 0 Å². The van der Waals surface area contributed by atoms with Gasteiger partial charge in [-0.3, -0.25) is 0 Å². The van der Waals surface area contributed by atoms with Gasteiger partial charge in [0.15, 0.2) is 0 Å². The summed E-state index contributed by atoms with van der Waals surface area (Å²) in [6.07, 6.45) is 0. The number of para-hydroxylation sites is 2. The molecule has 1 N–H and O–H groups in total. The minimum atomic E-state index is 0.975. The summed E-state index contributed by atoms with van der Waals surface area (Å²) in [6.45, 7) is 2.13. The second-order valence-electron chi connectivity index (χ2n) is 5.83. The summed E-state index contributed by atoms with van der Waals surface area (Å²) >= 11 is 0. The number of nitrogens with one attached hydrogen (secondary N) is 1. The maximum atomic E-state index is 4.89. The van der Waals surface area contributed by atoms with E-state index in [1.807, 2.05) is 48.5 Å². The Morgan fingerprint density at radius 1 is 0.667 bits per heavy atom. The van der Waals surface area contributed by atoms with Crippen molar-refractivity contribution < 1.29 is 0 Å². The van der Waals surface area contributed by atoms with Gasteiger partial charge in [-0.15, -0.1) is 0 Å². The SMILES string of the molecule is CC1=C(Nc2ccccc2)c2ccccc2C1=Nc1ccccc1. The van der Waals surface area contributed by atoms with Crippen LogP contribution in [-0.2, 0) is 0 Å². The summed E-state index contributed by atoms with van der Waals surface area (Å²) in [6, 6.07) is 28.8. The number of hydrogen-bond donors (Lipinski definition) is 1. The third-order valence-electron chi connectivity index (χ3n) is 4.22. The van der Waals surface area contributed by atoms with Gasteiger partial charge < -0.3 is 5.32 Å². The lowest BCUT2D eigenvalue weighted by atomic mass is 10.1. The molecule has 0 bridgehead atoms. The Hall–Kier alpha value is -3.13. The average Bonchev–Trinajstić information content (AvgIpc) is 2.90. The lowest BCUT2D eigenvalue weighted by molar-refractivity contribution is 1.48. The van der Waals surface area contributed by atoms with Gasteiger partial charge in [0.25, 0.3) is 0 Å². The van der Waals surface area contributed by atoms with Gasteiger partial charge in [-0.05, 0) is 36.8 Å². The van der Waals surface area contributed by atoms with Gasteiger partial charge in [0.05, 0.1) is 17.1 Å². The maximum absolute atomic E-state index is 4.89. The molecule has 2 nitrogen and oxygen atoms in total. The number of anilines is 1. The lowest BCUT2D eigenvalue weighted by Crippen LogP contribution is -1.99. The summed E-state index contributed by atoms with van der Waals surface area (Å²) in [7, 11) is 0. The smallest absolute Gasteiger partial charge is 0.0766 e. The van der Waals surface area contributed by atoms with Crippen molar-refractivity contribution in [3.8, 4) is 0 Å². The number of benzene rings is 3. The Morgan fingerprint density at radius 3 is 1.96 bits per heavy atom. The number of aliphatic imine (C=N–C) groups is 1. The van der Waals surface area contributed by atoms with Gasteiger partial charge in [0.1, 0.15) is 0 Å². The van der Waals surface area contributed by atoms with Crippen molar-refractivity contribution in [3.63, 3.8) is 0 Å². The number of rotatable bonds is 3. The van der Waals surface area contributed by atoms with E-state index < -0.39 is 0 Å². The summed E-state index contributed by atoms with van der Waals surface area (Å²) in [5.74, 6) is 0. The van der Waals surface area contributed by atoms with Crippen LogP contribution in [0.1, 0.15) is 18.1 Å². The monoisotopic (exact) mass is 310 g/mol. The van der Waals surface area contributed by atoms with Crippen molar-refractivity contribution in [2.45, 2.75) is 6.92 Å². The van der Waals surface area contributed by atoms with Crippen LogP contribution in [0, 0.1) is 0 Å². The second kappa shape index (κ2) is 6.17. The van der Waals surface area contributed by atoms with Crippen molar-refractivity contribution in [1.29, 1.82) is 0 Å². The van der Waals surface area contributed by atoms with Gasteiger partial charge in [0, 0.05) is 16.8 Å². The van der Waals surface area contributed by atoms with E-state index in [9.17, 15) is 0 Å². The van der Waals surface area contributed by atoms with E-state index in [0.717, 1.165) is 22.8 Å². The molecule has 3 aromatic carbocycles. The number of hydrogen-bond acceptors (Lipinski definition) is 2. The van der Waals surface area contributed by atoms with E-state index in [4.69, 9.17) is 4.99 Å². The molecule has 1 aliphatic carbocycles. The molecule has 116 valence electrons. The largest absolute Gasteiger partial charge is 0.355 e.